The van der Waals surface area contributed by atoms with Crippen molar-refractivity contribution in [2.24, 2.45) is 0 Å². The second-order valence-corrected chi connectivity index (χ2v) is 6.66. The number of rotatable bonds is 6. The molecule has 2 aromatic carbocycles. The molecular weight excluding hydrogens is 354 g/mol. The highest BCUT2D eigenvalue weighted by atomic mass is 32.2. The number of hydrogen-bond donors (Lipinski definition) is 0. The number of ether oxygens (including phenoxy) is 4. The lowest BCUT2D eigenvalue weighted by molar-refractivity contribution is -0.115. The van der Waals surface area contributed by atoms with Crippen LogP contribution in [0.5, 0.6) is 23.0 Å². The van der Waals surface area contributed by atoms with Crippen molar-refractivity contribution in [2.45, 2.75) is 5.37 Å². The molecule has 138 valence electrons. The number of anilines is 1. The van der Waals surface area contributed by atoms with Crippen LogP contribution >= 0.6 is 11.8 Å². The summed E-state index contributed by atoms with van der Waals surface area (Å²) in [5.41, 5.74) is 1.69. The van der Waals surface area contributed by atoms with Crippen LogP contribution in [0.15, 0.2) is 36.4 Å². The lowest BCUT2D eigenvalue weighted by Crippen LogP contribution is -2.27. The van der Waals surface area contributed by atoms with Crippen LogP contribution < -0.4 is 23.8 Å². The van der Waals surface area contributed by atoms with E-state index < -0.39 is 0 Å². The molecule has 0 saturated carbocycles. The maximum absolute atomic E-state index is 12.6. The van der Waals surface area contributed by atoms with Gasteiger partial charge < -0.3 is 18.9 Å². The van der Waals surface area contributed by atoms with Crippen molar-refractivity contribution >= 4 is 23.4 Å². The largest absolute Gasteiger partial charge is 0.497 e. The number of carbonyl (C=O) groups excluding carboxylic acids is 1. The summed E-state index contributed by atoms with van der Waals surface area (Å²) in [4.78, 5) is 14.3. The summed E-state index contributed by atoms with van der Waals surface area (Å²) >= 11 is 1.56. The average molecular weight is 375 g/mol. The van der Waals surface area contributed by atoms with Crippen molar-refractivity contribution in [3.05, 3.63) is 42.0 Å². The van der Waals surface area contributed by atoms with E-state index in [1.54, 1.807) is 45.1 Å². The summed E-state index contributed by atoms with van der Waals surface area (Å²) in [7, 11) is 6.33. The molecule has 1 unspecified atom stereocenters. The van der Waals surface area contributed by atoms with Crippen LogP contribution in [0.4, 0.5) is 5.69 Å². The number of hydrogen-bond acceptors (Lipinski definition) is 6. The van der Waals surface area contributed by atoms with Crippen LogP contribution in [0.1, 0.15) is 10.9 Å². The van der Waals surface area contributed by atoms with Crippen LogP contribution in [-0.2, 0) is 4.79 Å². The van der Waals surface area contributed by atoms with E-state index in [2.05, 4.69) is 0 Å². The zero-order chi connectivity index (χ0) is 18.7. The third-order valence-corrected chi connectivity index (χ3v) is 5.38. The standard InChI is InChI=1S/C19H21NO5S/c1-22-14-7-5-6-13(10-14)20-17(21)11-26-19(20)12-8-15(23-2)18(25-4)16(9-12)24-3/h5-10,19H,11H2,1-4H3. The molecule has 1 aliphatic rings. The third-order valence-electron chi connectivity index (χ3n) is 4.17. The molecule has 7 heteroatoms. The molecule has 0 aromatic heterocycles. The molecular formula is C19H21NO5S. The Morgan fingerprint density at radius 2 is 1.65 bits per heavy atom. The fraction of sp³-hybridized carbons (Fsp3) is 0.316. The molecule has 0 radical (unpaired) electrons. The first-order chi connectivity index (χ1) is 12.6. The molecule has 6 nitrogen and oxygen atoms in total. The van der Waals surface area contributed by atoms with Gasteiger partial charge in [0.2, 0.25) is 11.7 Å². The summed E-state index contributed by atoms with van der Waals surface area (Å²) in [6.07, 6.45) is 0. The van der Waals surface area contributed by atoms with Gasteiger partial charge in [0.1, 0.15) is 11.1 Å². The SMILES string of the molecule is COc1cccc(N2C(=O)CSC2c2cc(OC)c(OC)c(OC)c2)c1. The van der Waals surface area contributed by atoms with Gasteiger partial charge in [-0.15, -0.1) is 11.8 Å². The molecule has 0 aliphatic carbocycles. The Balaban J connectivity index is 2.05. The lowest BCUT2D eigenvalue weighted by Gasteiger charge is -2.26. The van der Waals surface area contributed by atoms with E-state index in [1.165, 1.54) is 0 Å². The van der Waals surface area contributed by atoms with Gasteiger partial charge in [0.05, 0.1) is 34.2 Å². The maximum atomic E-state index is 12.6. The summed E-state index contributed by atoms with van der Waals surface area (Å²) in [5.74, 6) is 2.80. The molecule has 26 heavy (non-hydrogen) atoms. The molecule has 2 aromatic rings. The molecule has 1 atom stereocenters. The fourth-order valence-corrected chi connectivity index (χ4v) is 4.11. The minimum absolute atomic E-state index is 0.0435. The molecule has 0 bridgehead atoms. The first kappa shape index (κ1) is 18.3. The molecule has 1 aliphatic heterocycles. The third kappa shape index (κ3) is 3.26. The van der Waals surface area contributed by atoms with Gasteiger partial charge in [0.15, 0.2) is 11.5 Å². The average Bonchev–Trinajstić information content (AvgIpc) is 3.08. The molecule has 1 heterocycles. The fourth-order valence-electron chi connectivity index (χ4n) is 2.95. The van der Waals surface area contributed by atoms with Gasteiger partial charge >= 0.3 is 0 Å². The molecule has 1 saturated heterocycles. The Morgan fingerprint density at radius 3 is 2.23 bits per heavy atom. The van der Waals surface area contributed by atoms with Gasteiger partial charge in [-0.25, -0.2) is 0 Å². The van der Waals surface area contributed by atoms with Gasteiger partial charge in [0, 0.05) is 11.8 Å². The minimum atomic E-state index is -0.191. The van der Waals surface area contributed by atoms with Crippen molar-refractivity contribution in [3.63, 3.8) is 0 Å². The second-order valence-electron chi connectivity index (χ2n) is 5.59. The van der Waals surface area contributed by atoms with E-state index in [9.17, 15) is 4.79 Å². The van der Waals surface area contributed by atoms with Gasteiger partial charge in [-0.2, -0.15) is 0 Å². The number of thioether (sulfide) groups is 1. The van der Waals surface area contributed by atoms with Gasteiger partial charge in [-0.05, 0) is 29.8 Å². The Hall–Kier alpha value is -2.54. The highest BCUT2D eigenvalue weighted by Crippen LogP contribution is 2.47. The Kier molecular flexibility index (Phi) is 5.46. The molecule has 1 amide bonds. The smallest absolute Gasteiger partial charge is 0.238 e. The Morgan fingerprint density at radius 1 is 0.962 bits per heavy atom. The predicted molar refractivity (Wildman–Crippen MR) is 102 cm³/mol. The van der Waals surface area contributed by atoms with E-state index in [0.717, 1.165) is 11.3 Å². The summed E-state index contributed by atoms with van der Waals surface area (Å²) < 4.78 is 21.6. The van der Waals surface area contributed by atoms with Crippen LogP contribution in [0, 0.1) is 0 Å². The minimum Gasteiger partial charge on any atom is -0.497 e. The van der Waals surface area contributed by atoms with Crippen molar-refractivity contribution in [3.8, 4) is 23.0 Å². The number of amides is 1. The zero-order valence-electron chi connectivity index (χ0n) is 15.1. The summed E-state index contributed by atoms with van der Waals surface area (Å²) in [6, 6.07) is 11.2. The van der Waals surface area contributed by atoms with Crippen LogP contribution in [-0.4, -0.2) is 40.1 Å². The molecule has 3 rings (SSSR count). The number of methoxy groups -OCH3 is 4. The Bertz CT molecular complexity index is 785. The van der Waals surface area contributed by atoms with Crippen molar-refractivity contribution in [1.29, 1.82) is 0 Å². The highest BCUT2D eigenvalue weighted by Gasteiger charge is 2.35. The first-order valence-electron chi connectivity index (χ1n) is 8.00. The molecule has 0 N–H and O–H groups in total. The maximum Gasteiger partial charge on any atom is 0.238 e. The van der Waals surface area contributed by atoms with Gasteiger partial charge in [-0.1, -0.05) is 6.07 Å². The quantitative estimate of drug-likeness (QED) is 0.770. The second kappa shape index (κ2) is 7.78. The number of benzene rings is 2. The van der Waals surface area contributed by atoms with Crippen LogP contribution in [0.25, 0.3) is 0 Å². The van der Waals surface area contributed by atoms with Crippen LogP contribution in [0.3, 0.4) is 0 Å². The normalized spacial score (nSPS) is 16.5. The van der Waals surface area contributed by atoms with Gasteiger partial charge in [0.25, 0.3) is 0 Å². The zero-order valence-corrected chi connectivity index (χ0v) is 16.0. The summed E-state index contributed by atoms with van der Waals surface area (Å²) in [5, 5.41) is -0.191. The van der Waals surface area contributed by atoms with Crippen molar-refractivity contribution < 1.29 is 23.7 Å². The summed E-state index contributed by atoms with van der Waals surface area (Å²) in [6.45, 7) is 0. The van der Waals surface area contributed by atoms with Crippen molar-refractivity contribution in [2.75, 3.05) is 39.1 Å². The number of nitrogens with zero attached hydrogens (tertiary/aromatic N) is 1. The predicted octanol–water partition coefficient (Wildman–Crippen LogP) is 3.50. The van der Waals surface area contributed by atoms with E-state index >= 15 is 0 Å². The molecule has 1 fully saturated rings. The van der Waals surface area contributed by atoms with Crippen LogP contribution in [0.2, 0.25) is 0 Å². The first-order valence-corrected chi connectivity index (χ1v) is 9.05. The lowest BCUT2D eigenvalue weighted by atomic mass is 10.1. The van der Waals surface area contributed by atoms with Crippen molar-refractivity contribution in [1.82, 2.24) is 0 Å². The van der Waals surface area contributed by atoms with E-state index in [-0.39, 0.29) is 11.3 Å². The molecule has 0 spiro atoms. The topological polar surface area (TPSA) is 57.2 Å². The van der Waals surface area contributed by atoms with E-state index in [4.69, 9.17) is 18.9 Å². The highest BCUT2D eigenvalue weighted by molar-refractivity contribution is 8.00. The van der Waals surface area contributed by atoms with Gasteiger partial charge in [-0.3, -0.25) is 9.69 Å². The Labute approximate surface area is 157 Å². The van der Waals surface area contributed by atoms with E-state index in [0.29, 0.717) is 28.8 Å². The van der Waals surface area contributed by atoms with E-state index in [1.807, 2.05) is 36.4 Å². The monoisotopic (exact) mass is 375 g/mol. The number of carbonyl (C=O) groups is 1.